The summed E-state index contributed by atoms with van der Waals surface area (Å²) in [6.45, 7) is 2.06. The van der Waals surface area contributed by atoms with E-state index in [9.17, 15) is 4.79 Å². The molecule has 3 heteroatoms. The number of hydrogen-bond acceptors (Lipinski definition) is 2. The van der Waals surface area contributed by atoms with Crippen LogP contribution in [0.15, 0.2) is 78.9 Å². The molecular weight excluding hydrogens is 322 g/mol. The molecule has 0 aliphatic carbocycles. The van der Waals surface area contributed by atoms with Crippen LogP contribution < -0.4 is 10.1 Å². The number of fused-ring (bicyclic) bond motifs is 1. The van der Waals surface area contributed by atoms with E-state index in [4.69, 9.17) is 4.74 Å². The minimum atomic E-state index is -0.482. The molecule has 2 atom stereocenters. The number of nitrogens with one attached hydrogen (secondary N) is 1. The molecule has 1 N–H and O–H groups in total. The minimum Gasteiger partial charge on any atom is -0.480 e. The van der Waals surface area contributed by atoms with Crippen LogP contribution in [0, 0.1) is 6.92 Å². The van der Waals surface area contributed by atoms with Crippen molar-refractivity contribution in [3.63, 3.8) is 0 Å². The molecule has 0 saturated carbocycles. The van der Waals surface area contributed by atoms with Crippen LogP contribution in [0.25, 0.3) is 0 Å². The second-order valence-corrected chi connectivity index (χ2v) is 6.68. The Bertz CT molecular complexity index is 878. The summed E-state index contributed by atoms with van der Waals surface area (Å²) >= 11 is 0. The van der Waals surface area contributed by atoms with Crippen molar-refractivity contribution < 1.29 is 9.53 Å². The largest absolute Gasteiger partial charge is 0.480 e. The number of rotatable bonds is 4. The standard InChI is InChI=1S/C23H21NO2/c1-16-11-13-18(14-12-16)22(17-7-3-2-4-8-17)24-23(25)21-15-19-9-5-6-10-20(19)26-21/h2-14,21-22H,15H2,1H3,(H,24,25). The highest BCUT2D eigenvalue weighted by atomic mass is 16.5. The molecule has 1 heterocycles. The van der Waals surface area contributed by atoms with Crippen molar-refractivity contribution in [1.82, 2.24) is 5.32 Å². The van der Waals surface area contributed by atoms with Gasteiger partial charge in [0.05, 0.1) is 6.04 Å². The highest BCUT2D eigenvalue weighted by Crippen LogP contribution is 2.29. The number of para-hydroxylation sites is 1. The molecule has 2 unspecified atom stereocenters. The summed E-state index contributed by atoms with van der Waals surface area (Å²) in [5.41, 5.74) is 4.39. The summed E-state index contributed by atoms with van der Waals surface area (Å²) in [4.78, 5) is 12.9. The van der Waals surface area contributed by atoms with E-state index < -0.39 is 6.10 Å². The van der Waals surface area contributed by atoms with Crippen molar-refractivity contribution in [2.45, 2.75) is 25.5 Å². The second kappa shape index (κ2) is 7.04. The van der Waals surface area contributed by atoms with Crippen molar-refractivity contribution in [2.24, 2.45) is 0 Å². The molecule has 26 heavy (non-hydrogen) atoms. The zero-order valence-corrected chi connectivity index (χ0v) is 14.7. The highest BCUT2D eigenvalue weighted by molar-refractivity contribution is 5.83. The van der Waals surface area contributed by atoms with E-state index in [1.165, 1.54) is 5.56 Å². The summed E-state index contributed by atoms with van der Waals surface area (Å²) in [5.74, 6) is 0.717. The number of hydrogen-bond donors (Lipinski definition) is 1. The van der Waals surface area contributed by atoms with Crippen LogP contribution in [0.4, 0.5) is 0 Å². The maximum atomic E-state index is 12.9. The van der Waals surface area contributed by atoms with Crippen molar-refractivity contribution in [2.75, 3.05) is 0 Å². The van der Waals surface area contributed by atoms with Gasteiger partial charge < -0.3 is 10.1 Å². The fraction of sp³-hybridized carbons (Fsp3) is 0.174. The Hall–Kier alpha value is -3.07. The lowest BCUT2D eigenvalue weighted by atomic mass is 9.97. The van der Waals surface area contributed by atoms with Crippen molar-refractivity contribution in [1.29, 1.82) is 0 Å². The Balaban J connectivity index is 1.57. The van der Waals surface area contributed by atoms with Gasteiger partial charge in [0.15, 0.2) is 6.10 Å². The first-order chi connectivity index (χ1) is 12.7. The highest BCUT2D eigenvalue weighted by Gasteiger charge is 2.30. The van der Waals surface area contributed by atoms with E-state index in [0.29, 0.717) is 6.42 Å². The van der Waals surface area contributed by atoms with Crippen LogP contribution in [-0.4, -0.2) is 12.0 Å². The zero-order chi connectivity index (χ0) is 17.9. The Morgan fingerprint density at radius 3 is 2.31 bits per heavy atom. The summed E-state index contributed by atoms with van der Waals surface area (Å²) in [6, 6.07) is 25.9. The first kappa shape index (κ1) is 16.4. The molecule has 0 aromatic heterocycles. The number of carbonyl (C=O) groups is 1. The molecule has 0 bridgehead atoms. The van der Waals surface area contributed by atoms with Crippen LogP contribution >= 0.6 is 0 Å². The second-order valence-electron chi connectivity index (χ2n) is 6.68. The molecule has 3 aromatic rings. The first-order valence-corrected chi connectivity index (χ1v) is 8.87. The molecule has 0 fully saturated rings. The summed E-state index contributed by atoms with van der Waals surface area (Å²) in [5, 5.41) is 3.18. The number of aryl methyl sites for hydroxylation is 1. The van der Waals surface area contributed by atoms with Gasteiger partial charge in [0.2, 0.25) is 0 Å². The van der Waals surface area contributed by atoms with Gasteiger partial charge in [-0.15, -0.1) is 0 Å². The normalized spacial score (nSPS) is 16.4. The maximum absolute atomic E-state index is 12.9. The molecule has 1 amide bonds. The predicted molar refractivity (Wildman–Crippen MR) is 102 cm³/mol. The van der Waals surface area contributed by atoms with E-state index in [0.717, 1.165) is 22.4 Å². The van der Waals surface area contributed by atoms with E-state index in [1.807, 2.05) is 54.6 Å². The Kier molecular flexibility index (Phi) is 4.44. The number of benzene rings is 3. The average Bonchev–Trinajstić information content (AvgIpc) is 3.12. The van der Waals surface area contributed by atoms with Crippen LogP contribution in [-0.2, 0) is 11.2 Å². The third-order valence-corrected chi connectivity index (χ3v) is 4.77. The van der Waals surface area contributed by atoms with Crippen LogP contribution in [0.2, 0.25) is 0 Å². The third kappa shape index (κ3) is 3.33. The number of carbonyl (C=O) groups excluding carboxylic acids is 1. The summed E-state index contributed by atoms with van der Waals surface area (Å²) in [7, 11) is 0. The average molecular weight is 343 g/mol. The van der Waals surface area contributed by atoms with Crippen molar-refractivity contribution in [3.05, 3.63) is 101 Å². The quantitative estimate of drug-likeness (QED) is 0.771. The Labute approximate surface area is 153 Å². The van der Waals surface area contributed by atoms with E-state index >= 15 is 0 Å². The van der Waals surface area contributed by atoms with Gasteiger partial charge in [0.1, 0.15) is 5.75 Å². The van der Waals surface area contributed by atoms with E-state index in [-0.39, 0.29) is 11.9 Å². The van der Waals surface area contributed by atoms with Gasteiger partial charge >= 0.3 is 0 Å². The fourth-order valence-electron chi connectivity index (χ4n) is 3.33. The molecule has 3 nitrogen and oxygen atoms in total. The molecule has 1 aliphatic rings. The molecule has 130 valence electrons. The Morgan fingerprint density at radius 1 is 0.923 bits per heavy atom. The predicted octanol–water partition coefficient (Wildman–Crippen LogP) is 4.20. The number of amides is 1. The minimum absolute atomic E-state index is 0.0874. The first-order valence-electron chi connectivity index (χ1n) is 8.87. The van der Waals surface area contributed by atoms with Crippen LogP contribution in [0.1, 0.15) is 28.3 Å². The lowest BCUT2D eigenvalue weighted by molar-refractivity contribution is -0.127. The molecule has 3 aromatic carbocycles. The molecule has 4 rings (SSSR count). The lowest BCUT2D eigenvalue weighted by Gasteiger charge is -2.22. The third-order valence-electron chi connectivity index (χ3n) is 4.77. The zero-order valence-electron chi connectivity index (χ0n) is 14.7. The van der Waals surface area contributed by atoms with Gasteiger partial charge in [-0.3, -0.25) is 4.79 Å². The molecular formula is C23H21NO2. The van der Waals surface area contributed by atoms with Gasteiger partial charge in [-0.2, -0.15) is 0 Å². The van der Waals surface area contributed by atoms with Gasteiger partial charge in [0, 0.05) is 6.42 Å². The Morgan fingerprint density at radius 2 is 1.58 bits per heavy atom. The van der Waals surface area contributed by atoms with Gasteiger partial charge in [-0.05, 0) is 29.7 Å². The van der Waals surface area contributed by atoms with Gasteiger partial charge in [-0.25, -0.2) is 0 Å². The SMILES string of the molecule is Cc1ccc(C(NC(=O)C2Cc3ccccc3O2)c2ccccc2)cc1. The summed E-state index contributed by atoms with van der Waals surface area (Å²) < 4.78 is 5.85. The maximum Gasteiger partial charge on any atom is 0.262 e. The van der Waals surface area contributed by atoms with Crippen molar-refractivity contribution in [3.8, 4) is 5.75 Å². The molecule has 0 saturated heterocycles. The monoisotopic (exact) mass is 343 g/mol. The lowest BCUT2D eigenvalue weighted by Crippen LogP contribution is -2.40. The van der Waals surface area contributed by atoms with Gasteiger partial charge in [-0.1, -0.05) is 78.4 Å². The van der Waals surface area contributed by atoms with Crippen molar-refractivity contribution >= 4 is 5.91 Å². The van der Waals surface area contributed by atoms with E-state index in [1.54, 1.807) is 0 Å². The fourth-order valence-corrected chi connectivity index (χ4v) is 3.33. The van der Waals surface area contributed by atoms with E-state index in [2.05, 4.69) is 36.5 Å². The summed E-state index contributed by atoms with van der Waals surface area (Å²) in [6.07, 6.45) is 0.126. The number of ether oxygens (including phenoxy) is 1. The molecule has 0 spiro atoms. The van der Waals surface area contributed by atoms with Crippen LogP contribution in [0.3, 0.4) is 0 Å². The van der Waals surface area contributed by atoms with Crippen LogP contribution in [0.5, 0.6) is 5.75 Å². The molecule has 0 radical (unpaired) electrons. The van der Waals surface area contributed by atoms with Gasteiger partial charge in [0.25, 0.3) is 5.91 Å². The smallest absolute Gasteiger partial charge is 0.262 e. The topological polar surface area (TPSA) is 38.3 Å². The molecule has 1 aliphatic heterocycles.